The Morgan fingerprint density at radius 1 is 0.552 bits per heavy atom. The van der Waals surface area contributed by atoms with Crippen molar-refractivity contribution >= 4 is 33.1 Å². The van der Waals surface area contributed by atoms with E-state index in [-0.39, 0.29) is 33.1 Å². The molecule has 0 aliphatic rings. The van der Waals surface area contributed by atoms with Crippen molar-refractivity contribution < 1.29 is 19.1 Å². The molecular weight excluding hydrogens is 471 g/mol. The van der Waals surface area contributed by atoms with Crippen LogP contribution in [0, 0.1) is 0 Å². The van der Waals surface area contributed by atoms with Gasteiger partial charge in [-0.15, -0.1) is 0 Å². The molecule has 2 radical (unpaired) electrons. The Morgan fingerprint density at radius 3 is 1.38 bits per heavy atom. The second-order valence-electron chi connectivity index (χ2n) is 7.93. The first kappa shape index (κ1) is 28.7. The Morgan fingerprint density at radius 2 is 0.966 bits per heavy atom. The van der Waals surface area contributed by atoms with Crippen molar-refractivity contribution in [1.82, 2.24) is 0 Å². The number of hydrogen-bond acceptors (Lipinski definition) is 4. The number of carbonyl (C=O) groups excluding carboxylic acids is 2. The number of hydrogen-bond donors (Lipinski definition) is 0. The van der Waals surface area contributed by atoms with Crippen molar-refractivity contribution in [1.29, 1.82) is 0 Å². The summed E-state index contributed by atoms with van der Waals surface area (Å²) in [6, 6.07) is 0. The second kappa shape index (κ2) is 24.0. The first-order chi connectivity index (χ1) is 14.2. The Labute approximate surface area is 190 Å². The van der Waals surface area contributed by atoms with Crippen molar-refractivity contribution in [2.45, 2.75) is 125 Å². The van der Waals surface area contributed by atoms with Gasteiger partial charge in [-0.05, 0) is 0 Å². The molecule has 0 heterocycles. The molecule has 0 aliphatic carbocycles. The minimum atomic E-state index is -0.279. The topological polar surface area (TPSA) is 52.6 Å². The van der Waals surface area contributed by atoms with E-state index in [9.17, 15) is 9.59 Å². The molecule has 0 N–H and O–H groups in total. The van der Waals surface area contributed by atoms with Crippen LogP contribution in [-0.4, -0.2) is 46.3 Å². The van der Waals surface area contributed by atoms with Gasteiger partial charge < -0.3 is 0 Å². The summed E-state index contributed by atoms with van der Waals surface area (Å²) >= 11 is -0.279. The fourth-order valence-electron chi connectivity index (χ4n) is 3.09. The van der Waals surface area contributed by atoms with Gasteiger partial charge in [-0.25, -0.2) is 0 Å². The van der Waals surface area contributed by atoms with Crippen molar-refractivity contribution in [3.8, 4) is 0 Å². The van der Waals surface area contributed by atoms with Crippen LogP contribution in [0.25, 0.3) is 0 Å². The van der Waals surface area contributed by atoms with Crippen molar-refractivity contribution in [2.24, 2.45) is 0 Å². The zero-order chi connectivity index (χ0) is 21.4. The Balaban J connectivity index is 3.21. The molecule has 170 valence electrons. The van der Waals surface area contributed by atoms with E-state index in [0.717, 1.165) is 38.5 Å². The summed E-state index contributed by atoms with van der Waals surface area (Å²) in [5.41, 5.74) is 0. The van der Waals surface area contributed by atoms with E-state index < -0.39 is 0 Å². The molecule has 0 saturated carbocycles. The second-order valence-corrected chi connectivity index (χ2v) is 12.2. The normalized spacial score (nSPS) is 10.8. The molecule has 0 rings (SSSR count). The maximum absolute atomic E-state index is 11.6. The standard InChI is InChI=1S/2C12H23O2.Sn/c2*1-3-5-7-8-9-10-12(13)14-11-6-4-2;/h2*2-11H2,1H3;. The average Bonchev–Trinajstić information content (AvgIpc) is 2.71. The zero-order valence-corrected chi connectivity index (χ0v) is 22.1. The van der Waals surface area contributed by atoms with Crippen molar-refractivity contribution in [3.63, 3.8) is 0 Å². The van der Waals surface area contributed by atoms with E-state index in [1.54, 1.807) is 0 Å². The van der Waals surface area contributed by atoms with Crippen LogP contribution in [0.3, 0.4) is 0 Å². The van der Waals surface area contributed by atoms with Crippen LogP contribution in [-0.2, 0) is 19.1 Å². The predicted molar refractivity (Wildman–Crippen MR) is 123 cm³/mol. The van der Waals surface area contributed by atoms with E-state index in [4.69, 9.17) is 9.47 Å². The summed E-state index contributed by atoms with van der Waals surface area (Å²) < 4.78 is 13.3. The molecule has 0 amide bonds. The minimum absolute atomic E-state index is 0.0167. The molecule has 5 heteroatoms. The summed E-state index contributed by atoms with van der Waals surface area (Å²) in [7, 11) is 0. The fourth-order valence-corrected chi connectivity index (χ4v) is 6.66. The summed E-state index contributed by atoms with van der Waals surface area (Å²) in [6.45, 7) is 5.60. The van der Waals surface area contributed by atoms with Gasteiger partial charge in [0, 0.05) is 0 Å². The SMILES string of the molecule is CCCCCCCC(=O)OCCC[CH2][Sn][CH2]CCCOC(=O)CCCCCCC. The molecule has 4 nitrogen and oxygen atoms in total. The van der Waals surface area contributed by atoms with Gasteiger partial charge in [0.05, 0.1) is 0 Å². The van der Waals surface area contributed by atoms with E-state index in [1.807, 2.05) is 0 Å². The van der Waals surface area contributed by atoms with Gasteiger partial charge in [-0.2, -0.15) is 0 Å². The van der Waals surface area contributed by atoms with Crippen LogP contribution in [0.2, 0.25) is 8.87 Å². The third-order valence-electron chi connectivity index (χ3n) is 4.99. The molecule has 0 bridgehead atoms. The third kappa shape index (κ3) is 23.9. The number of esters is 2. The van der Waals surface area contributed by atoms with Gasteiger partial charge in [0.1, 0.15) is 0 Å². The summed E-state index contributed by atoms with van der Waals surface area (Å²) in [6.07, 6.45) is 17.3. The zero-order valence-electron chi connectivity index (χ0n) is 19.3. The van der Waals surface area contributed by atoms with Gasteiger partial charge in [-0.3, -0.25) is 0 Å². The van der Waals surface area contributed by atoms with E-state index >= 15 is 0 Å². The predicted octanol–water partition coefficient (Wildman–Crippen LogP) is 6.90. The molecule has 0 aromatic heterocycles. The molecule has 0 fully saturated rings. The molecule has 0 atom stereocenters. The van der Waals surface area contributed by atoms with Crippen LogP contribution in [0.5, 0.6) is 0 Å². The Kier molecular flexibility index (Phi) is 23.8. The molecule has 0 unspecified atom stereocenters. The molecule has 0 aliphatic heterocycles. The monoisotopic (exact) mass is 518 g/mol. The molecule has 0 spiro atoms. The van der Waals surface area contributed by atoms with Gasteiger partial charge in [-0.1, -0.05) is 13.8 Å². The number of rotatable bonds is 22. The van der Waals surface area contributed by atoms with E-state index in [2.05, 4.69) is 13.8 Å². The minimum Gasteiger partial charge on any atom is -0.0654 e. The Hall–Kier alpha value is -0.261. The molecule has 0 saturated heterocycles. The molecule has 0 aromatic carbocycles. The third-order valence-corrected chi connectivity index (χ3v) is 9.03. The van der Waals surface area contributed by atoms with Gasteiger partial charge >= 0.3 is 177 Å². The van der Waals surface area contributed by atoms with Gasteiger partial charge in [0.2, 0.25) is 0 Å². The number of ether oxygens (including phenoxy) is 2. The number of carbonyl (C=O) groups is 2. The molecule has 29 heavy (non-hydrogen) atoms. The van der Waals surface area contributed by atoms with Crippen LogP contribution in [0.1, 0.15) is 117 Å². The quantitative estimate of drug-likeness (QED) is 0.0892. The van der Waals surface area contributed by atoms with E-state index in [1.165, 1.54) is 60.2 Å². The van der Waals surface area contributed by atoms with Gasteiger partial charge in [0.25, 0.3) is 0 Å². The van der Waals surface area contributed by atoms with Crippen LogP contribution < -0.4 is 0 Å². The summed E-state index contributed by atoms with van der Waals surface area (Å²) in [4.78, 5) is 23.2. The Bertz CT molecular complexity index is 340. The van der Waals surface area contributed by atoms with Crippen molar-refractivity contribution in [3.05, 3.63) is 0 Å². The maximum atomic E-state index is 11.6. The van der Waals surface area contributed by atoms with Crippen LogP contribution in [0.15, 0.2) is 0 Å². The summed E-state index contributed by atoms with van der Waals surface area (Å²) in [5, 5.41) is 0. The first-order valence-electron chi connectivity index (χ1n) is 12.2. The van der Waals surface area contributed by atoms with Gasteiger partial charge in [0.15, 0.2) is 0 Å². The first-order valence-corrected chi connectivity index (χ1v) is 16.3. The van der Waals surface area contributed by atoms with Crippen LogP contribution >= 0.6 is 0 Å². The number of unbranched alkanes of at least 4 members (excludes halogenated alkanes) is 10. The van der Waals surface area contributed by atoms with Crippen LogP contribution in [0.4, 0.5) is 0 Å². The van der Waals surface area contributed by atoms with Crippen molar-refractivity contribution in [2.75, 3.05) is 13.2 Å². The summed E-state index contributed by atoms with van der Waals surface area (Å²) in [5.74, 6) is -0.0333. The van der Waals surface area contributed by atoms with E-state index in [0.29, 0.717) is 26.1 Å². The molecular formula is C24H46O4Sn. The smallest absolute Gasteiger partial charge is 0.0654 e. The fraction of sp³-hybridized carbons (Fsp3) is 0.917. The average molecular weight is 517 g/mol. The molecule has 0 aromatic rings.